The number of thiophene rings is 1. The molecule has 1 heterocycles. The third kappa shape index (κ3) is 2.98. The number of amides is 1. The molecule has 3 aliphatic carbocycles. The number of carbonyl (C=O) groups excluding carboxylic acids is 2. The maximum Gasteiger partial charge on any atom is 0.341 e. The van der Waals surface area contributed by atoms with E-state index in [4.69, 9.17) is 4.74 Å². The third-order valence-electron chi connectivity index (χ3n) is 6.19. The van der Waals surface area contributed by atoms with Crippen molar-refractivity contribution in [2.45, 2.75) is 32.6 Å². The lowest BCUT2D eigenvalue weighted by atomic mass is 9.82. The average molecular weight is 389 g/mol. The first kappa shape index (κ1) is 18.2. The number of aliphatic carboxylic acids is 1. The Bertz CT molecular complexity index is 842. The van der Waals surface area contributed by atoms with E-state index in [-0.39, 0.29) is 17.7 Å². The van der Waals surface area contributed by atoms with Gasteiger partial charge in [0.15, 0.2) is 0 Å². The fourth-order valence-corrected chi connectivity index (χ4v) is 6.27. The van der Waals surface area contributed by atoms with Crippen LogP contribution in [0, 0.1) is 29.6 Å². The molecule has 6 nitrogen and oxygen atoms in total. The Balaban J connectivity index is 1.64. The van der Waals surface area contributed by atoms with Crippen LogP contribution in [0.2, 0.25) is 0 Å². The summed E-state index contributed by atoms with van der Waals surface area (Å²) >= 11 is 1.43. The number of carboxylic acid groups (broad SMARTS) is 1. The van der Waals surface area contributed by atoms with E-state index in [0.717, 1.165) is 29.7 Å². The molecular weight excluding hydrogens is 366 g/mol. The van der Waals surface area contributed by atoms with Crippen molar-refractivity contribution in [1.82, 2.24) is 0 Å². The lowest BCUT2D eigenvalue weighted by Crippen LogP contribution is -2.36. The third-order valence-corrected chi connectivity index (χ3v) is 7.35. The van der Waals surface area contributed by atoms with Gasteiger partial charge < -0.3 is 15.2 Å². The number of esters is 1. The summed E-state index contributed by atoms with van der Waals surface area (Å²) in [4.78, 5) is 38.2. The van der Waals surface area contributed by atoms with Crippen molar-refractivity contribution in [3.05, 3.63) is 28.2 Å². The molecular formula is C20H23NO5S. The largest absolute Gasteiger partial charge is 0.481 e. The summed E-state index contributed by atoms with van der Waals surface area (Å²) in [6.07, 6.45) is 7.25. The molecule has 27 heavy (non-hydrogen) atoms. The molecule has 1 aromatic heterocycles. The van der Waals surface area contributed by atoms with E-state index in [9.17, 15) is 19.5 Å². The SMILES string of the molecule is COC(=O)c1c(NC(=O)[C@H]2[C@@H](C(=O)O)[C@H]3C=C[C@H]2C3)sc2c1CC[C@H](C)C2. The van der Waals surface area contributed by atoms with E-state index < -0.39 is 23.8 Å². The summed E-state index contributed by atoms with van der Waals surface area (Å²) in [5.41, 5.74) is 1.42. The predicted octanol–water partition coefficient (Wildman–Crippen LogP) is 3.12. The summed E-state index contributed by atoms with van der Waals surface area (Å²) in [7, 11) is 1.34. The lowest BCUT2D eigenvalue weighted by molar-refractivity contribution is -0.146. The quantitative estimate of drug-likeness (QED) is 0.610. The number of allylic oxidation sites excluding steroid dienone is 2. The monoisotopic (exact) mass is 389 g/mol. The van der Waals surface area contributed by atoms with Crippen LogP contribution in [-0.4, -0.2) is 30.1 Å². The summed E-state index contributed by atoms with van der Waals surface area (Å²) < 4.78 is 4.96. The molecule has 1 amide bonds. The minimum absolute atomic E-state index is 0.0488. The Morgan fingerprint density at radius 2 is 1.93 bits per heavy atom. The molecule has 1 aromatic rings. The van der Waals surface area contributed by atoms with Gasteiger partial charge in [0.2, 0.25) is 5.91 Å². The van der Waals surface area contributed by atoms with Crippen LogP contribution in [0.4, 0.5) is 5.00 Å². The molecule has 0 aliphatic heterocycles. The topological polar surface area (TPSA) is 92.7 Å². The predicted molar refractivity (Wildman–Crippen MR) is 101 cm³/mol. The van der Waals surface area contributed by atoms with Crippen LogP contribution in [-0.2, 0) is 27.2 Å². The van der Waals surface area contributed by atoms with E-state index in [0.29, 0.717) is 22.9 Å². The first-order valence-corrected chi connectivity index (χ1v) is 10.2. The number of ether oxygens (including phenoxy) is 1. The highest BCUT2D eigenvalue weighted by molar-refractivity contribution is 7.17. The number of rotatable bonds is 4. The molecule has 0 spiro atoms. The second-order valence-corrected chi connectivity index (χ2v) is 8.98. The molecule has 3 aliphatic rings. The van der Waals surface area contributed by atoms with E-state index in [2.05, 4.69) is 12.2 Å². The number of nitrogens with one attached hydrogen (secondary N) is 1. The summed E-state index contributed by atoms with van der Waals surface area (Å²) in [5, 5.41) is 13.0. The number of hydrogen-bond acceptors (Lipinski definition) is 5. The summed E-state index contributed by atoms with van der Waals surface area (Å²) in [6, 6.07) is 0. The average Bonchev–Trinajstić information content (AvgIpc) is 3.32. The molecule has 7 heteroatoms. The molecule has 0 saturated heterocycles. The maximum absolute atomic E-state index is 13.0. The summed E-state index contributed by atoms with van der Waals surface area (Å²) in [6.45, 7) is 2.18. The van der Waals surface area contributed by atoms with Gasteiger partial charge in [-0.1, -0.05) is 19.1 Å². The van der Waals surface area contributed by atoms with Crippen LogP contribution in [0.25, 0.3) is 0 Å². The molecule has 0 unspecified atom stereocenters. The highest BCUT2D eigenvalue weighted by Crippen LogP contribution is 2.49. The zero-order chi connectivity index (χ0) is 19.3. The van der Waals surface area contributed by atoms with Crippen LogP contribution in [0.1, 0.15) is 40.6 Å². The number of fused-ring (bicyclic) bond motifs is 3. The highest BCUT2D eigenvalue weighted by Gasteiger charge is 2.51. The van der Waals surface area contributed by atoms with Crippen LogP contribution in [0.5, 0.6) is 0 Å². The van der Waals surface area contributed by atoms with E-state index in [1.807, 2.05) is 12.2 Å². The number of anilines is 1. The number of hydrogen-bond donors (Lipinski definition) is 2. The van der Waals surface area contributed by atoms with Crippen molar-refractivity contribution in [2.75, 3.05) is 12.4 Å². The van der Waals surface area contributed by atoms with Gasteiger partial charge >= 0.3 is 11.9 Å². The van der Waals surface area contributed by atoms with Crippen molar-refractivity contribution >= 4 is 34.2 Å². The van der Waals surface area contributed by atoms with Gasteiger partial charge in [0.1, 0.15) is 5.00 Å². The van der Waals surface area contributed by atoms with E-state index >= 15 is 0 Å². The Morgan fingerprint density at radius 1 is 1.22 bits per heavy atom. The molecule has 0 radical (unpaired) electrons. The molecule has 144 valence electrons. The Kier molecular flexibility index (Phi) is 4.58. The van der Waals surface area contributed by atoms with Crippen LogP contribution < -0.4 is 5.32 Å². The molecule has 2 bridgehead atoms. The zero-order valence-corrected chi connectivity index (χ0v) is 16.2. The first-order chi connectivity index (χ1) is 12.9. The second-order valence-electron chi connectivity index (χ2n) is 7.87. The fraction of sp³-hybridized carbons (Fsp3) is 0.550. The van der Waals surface area contributed by atoms with Gasteiger partial charge in [-0.3, -0.25) is 9.59 Å². The molecule has 1 saturated carbocycles. The van der Waals surface area contributed by atoms with Crippen molar-refractivity contribution in [2.24, 2.45) is 29.6 Å². The van der Waals surface area contributed by atoms with Crippen molar-refractivity contribution in [3.8, 4) is 0 Å². The molecule has 2 N–H and O–H groups in total. The van der Waals surface area contributed by atoms with Gasteiger partial charge in [-0.05, 0) is 49.0 Å². The number of carboxylic acids is 1. The van der Waals surface area contributed by atoms with Gasteiger partial charge in [0.05, 0.1) is 24.5 Å². The van der Waals surface area contributed by atoms with Gasteiger partial charge in [0.25, 0.3) is 0 Å². The molecule has 0 aromatic carbocycles. The number of methoxy groups -OCH3 is 1. The van der Waals surface area contributed by atoms with Gasteiger partial charge in [-0.2, -0.15) is 0 Å². The van der Waals surface area contributed by atoms with Gasteiger partial charge in [0, 0.05) is 4.88 Å². The smallest absolute Gasteiger partial charge is 0.341 e. The zero-order valence-electron chi connectivity index (χ0n) is 15.4. The normalized spacial score (nSPS) is 30.8. The Morgan fingerprint density at radius 3 is 2.59 bits per heavy atom. The van der Waals surface area contributed by atoms with Crippen LogP contribution >= 0.6 is 11.3 Å². The molecule has 4 rings (SSSR count). The molecule has 1 fully saturated rings. The van der Waals surface area contributed by atoms with Crippen LogP contribution in [0.3, 0.4) is 0 Å². The van der Waals surface area contributed by atoms with Crippen LogP contribution in [0.15, 0.2) is 12.2 Å². The van der Waals surface area contributed by atoms with Gasteiger partial charge in [-0.15, -0.1) is 11.3 Å². The molecule has 5 atom stereocenters. The first-order valence-electron chi connectivity index (χ1n) is 9.35. The number of carbonyl (C=O) groups is 3. The van der Waals surface area contributed by atoms with Crippen molar-refractivity contribution in [1.29, 1.82) is 0 Å². The van der Waals surface area contributed by atoms with Crippen molar-refractivity contribution in [3.63, 3.8) is 0 Å². The standard InChI is InChI=1S/C20H23NO5S/c1-9-3-6-12-13(7-9)27-18(16(12)20(25)26-2)21-17(22)14-10-4-5-11(8-10)15(14)19(23)24/h4-5,9-11,14-15H,3,6-8H2,1-2H3,(H,21,22)(H,23,24)/t9-,10-,11-,14+,15-/m0/s1. The van der Waals surface area contributed by atoms with Gasteiger partial charge in [-0.25, -0.2) is 4.79 Å². The van der Waals surface area contributed by atoms with E-state index in [1.54, 1.807) is 0 Å². The maximum atomic E-state index is 13.0. The minimum Gasteiger partial charge on any atom is -0.481 e. The second kappa shape index (κ2) is 6.78. The summed E-state index contributed by atoms with van der Waals surface area (Å²) in [5.74, 6) is -2.57. The fourth-order valence-electron chi connectivity index (χ4n) is 4.87. The Labute approximate surface area is 161 Å². The minimum atomic E-state index is -0.931. The van der Waals surface area contributed by atoms with E-state index in [1.165, 1.54) is 18.4 Å². The lowest BCUT2D eigenvalue weighted by Gasteiger charge is -2.23. The van der Waals surface area contributed by atoms with Crippen molar-refractivity contribution < 1.29 is 24.2 Å². The Hall–Kier alpha value is -2.15. The highest BCUT2D eigenvalue weighted by atomic mass is 32.1.